The van der Waals surface area contributed by atoms with Gasteiger partial charge in [-0.2, -0.15) is 13.2 Å². The van der Waals surface area contributed by atoms with E-state index in [-0.39, 0.29) is 6.04 Å². The second-order valence-corrected chi connectivity index (χ2v) is 6.04. The van der Waals surface area contributed by atoms with E-state index in [1.807, 2.05) is 6.92 Å². The maximum atomic E-state index is 12.3. The Morgan fingerprint density at radius 2 is 1.79 bits per heavy atom. The van der Waals surface area contributed by atoms with Crippen molar-refractivity contribution in [2.75, 3.05) is 11.9 Å². The molecule has 1 unspecified atom stereocenters. The van der Waals surface area contributed by atoms with Crippen LogP contribution in [-0.2, 0) is 9.84 Å². The van der Waals surface area contributed by atoms with Gasteiger partial charge in [-0.05, 0) is 44.2 Å². The van der Waals surface area contributed by atoms with Crippen molar-refractivity contribution in [3.8, 4) is 0 Å². The number of nitrogens with two attached hydrogens (primary N) is 1. The minimum absolute atomic E-state index is 0.0510. The number of sulfone groups is 1. The quantitative estimate of drug-likeness (QED) is 0.873. The Hall–Kier alpha value is -1.28. The molecule has 0 fully saturated rings. The van der Waals surface area contributed by atoms with Gasteiger partial charge < -0.3 is 11.1 Å². The van der Waals surface area contributed by atoms with Gasteiger partial charge in [0.15, 0.2) is 0 Å². The van der Waals surface area contributed by atoms with E-state index >= 15 is 0 Å². The maximum Gasteiger partial charge on any atom is 0.501 e. The highest BCUT2D eigenvalue weighted by Crippen LogP contribution is 2.30. The second kappa shape index (κ2) is 5.79. The number of halogens is 3. The molecule has 0 spiro atoms. The molecule has 3 N–H and O–H groups in total. The molecular weight excluding hydrogens is 281 g/mol. The normalized spacial score (nSPS) is 14.2. The Labute approximate surface area is 109 Å². The minimum atomic E-state index is -5.28. The lowest BCUT2D eigenvalue weighted by Gasteiger charge is -2.14. The highest BCUT2D eigenvalue weighted by molar-refractivity contribution is 7.92. The fraction of sp³-hybridized carbons (Fsp3) is 0.455. The number of rotatable bonds is 5. The number of alkyl halides is 3. The molecule has 0 saturated carbocycles. The summed E-state index contributed by atoms with van der Waals surface area (Å²) in [6.45, 7) is 2.35. The largest absolute Gasteiger partial charge is 0.501 e. The van der Waals surface area contributed by atoms with E-state index in [9.17, 15) is 21.6 Å². The van der Waals surface area contributed by atoms with Crippen LogP contribution in [0.25, 0.3) is 0 Å². The van der Waals surface area contributed by atoms with Gasteiger partial charge in [-0.1, -0.05) is 0 Å². The molecule has 1 aromatic carbocycles. The zero-order valence-corrected chi connectivity index (χ0v) is 11.1. The molecule has 108 valence electrons. The van der Waals surface area contributed by atoms with E-state index in [1.54, 1.807) is 0 Å². The summed E-state index contributed by atoms with van der Waals surface area (Å²) in [6.07, 6.45) is 0.697. The fourth-order valence-corrected chi connectivity index (χ4v) is 2.23. The van der Waals surface area contributed by atoms with Crippen molar-refractivity contribution in [1.82, 2.24) is 0 Å². The lowest BCUT2D eigenvalue weighted by Crippen LogP contribution is -2.23. The van der Waals surface area contributed by atoms with Crippen LogP contribution in [0.5, 0.6) is 0 Å². The molecule has 0 aliphatic heterocycles. The molecule has 0 amide bonds. The summed E-state index contributed by atoms with van der Waals surface area (Å²) in [5.74, 6) is 0. The fourth-order valence-electron chi connectivity index (χ4n) is 1.47. The molecule has 19 heavy (non-hydrogen) atoms. The Bertz CT molecular complexity index is 512. The highest BCUT2D eigenvalue weighted by atomic mass is 32.2. The SMILES string of the molecule is CC(CCN)Nc1ccc(S(=O)(=O)C(F)(F)F)cc1. The van der Waals surface area contributed by atoms with Crippen LogP contribution >= 0.6 is 0 Å². The van der Waals surface area contributed by atoms with Crippen molar-refractivity contribution in [3.63, 3.8) is 0 Å². The molecule has 1 aromatic rings. The Balaban J connectivity index is 2.89. The molecule has 0 radical (unpaired) electrons. The van der Waals surface area contributed by atoms with Gasteiger partial charge >= 0.3 is 5.51 Å². The van der Waals surface area contributed by atoms with Crippen LogP contribution in [0.4, 0.5) is 18.9 Å². The first-order chi connectivity index (χ1) is 8.68. The van der Waals surface area contributed by atoms with Crippen LogP contribution in [0.15, 0.2) is 29.2 Å². The third kappa shape index (κ3) is 3.84. The summed E-state index contributed by atoms with van der Waals surface area (Å²) >= 11 is 0. The first-order valence-electron chi connectivity index (χ1n) is 5.56. The van der Waals surface area contributed by atoms with Crippen molar-refractivity contribution in [2.24, 2.45) is 5.73 Å². The van der Waals surface area contributed by atoms with Gasteiger partial charge in [-0.15, -0.1) is 0 Å². The standard InChI is InChI=1S/C11H15F3N2O2S/c1-8(6-7-15)16-9-2-4-10(5-3-9)19(17,18)11(12,13)14/h2-5,8,16H,6-7,15H2,1H3. The molecular formula is C11H15F3N2O2S. The first kappa shape index (κ1) is 15.8. The summed E-state index contributed by atoms with van der Waals surface area (Å²) in [5.41, 5.74) is 0.628. The average Bonchev–Trinajstić information content (AvgIpc) is 2.28. The molecule has 1 atom stereocenters. The molecule has 0 saturated heterocycles. The number of hydrogen-bond donors (Lipinski definition) is 2. The van der Waals surface area contributed by atoms with Crippen molar-refractivity contribution < 1.29 is 21.6 Å². The van der Waals surface area contributed by atoms with Crippen molar-refractivity contribution >= 4 is 15.5 Å². The predicted molar refractivity (Wildman–Crippen MR) is 66.4 cm³/mol. The zero-order chi connectivity index (χ0) is 14.7. The van der Waals surface area contributed by atoms with E-state index in [0.29, 0.717) is 18.7 Å². The van der Waals surface area contributed by atoms with Crippen LogP contribution in [0.3, 0.4) is 0 Å². The number of anilines is 1. The van der Waals surface area contributed by atoms with Gasteiger partial charge in [0.1, 0.15) is 0 Å². The molecule has 4 nitrogen and oxygen atoms in total. The lowest BCUT2D eigenvalue weighted by molar-refractivity contribution is -0.0436. The minimum Gasteiger partial charge on any atom is -0.383 e. The zero-order valence-electron chi connectivity index (χ0n) is 10.2. The van der Waals surface area contributed by atoms with Gasteiger partial charge in [0.25, 0.3) is 9.84 Å². The Kier molecular flexibility index (Phi) is 4.81. The van der Waals surface area contributed by atoms with E-state index in [2.05, 4.69) is 5.32 Å². The maximum absolute atomic E-state index is 12.3. The van der Waals surface area contributed by atoms with E-state index in [0.717, 1.165) is 12.1 Å². The second-order valence-electron chi connectivity index (χ2n) is 4.10. The van der Waals surface area contributed by atoms with Gasteiger partial charge in [-0.25, -0.2) is 8.42 Å². The predicted octanol–water partition coefficient (Wildman–Crippen LogP) is 2.13. The van der Waals surface area contributed by atoms with Crippen molar-refractivity contribution in [1.29, 1.82) is 0 Å². The Morgan fingerprint density at radius 3 is 2.21 bits per heavy atom. The summed E-state index contributed by atoms with van der Waals surface area (Å²) in [4.78, 5) is -0.767. The number of benzene rings is 1. The molecule has 0 aliphatic carbocycles. The summed E-state index contributed by atoms with van der Waals surface area (Å²) < 4.78 is 59.2. The van der Waals surface area contributed by atoms with Crippen LogP contribution in [-0.4, -0.2) is 26.5 Å². The Morgan fingerprint density at radius 1 is 1.26 bits per heavy atom. The van der Waals surface area contributed by atoms with Crippen LogP contribution in [0.2, 0.25) is 0 Å². The number of hydrogen-bond acceptors (Lipinski definition) is 4. The summed E-state index contributed by atoms with van der Waals surface area (Å²) in [7, 11) is -5.28. The first-order valence-corrected chi connectivity index (χ1v) is 7.05. The molecule has 0 bridgehead atoms. The third-order valence-corrected chi connectivity index (χ3v) is 3.98. The molecule has 0 heterocycles. The highest BCUT2D eigenvalue weighted by Gasteiger charge is 2.46. The molecule has 8 heteroatoms. The van der Waals surface area contributed by atoms with Crippen molar-refractivity contribution in [3.05, 3.63) is 24.3 Å². The van der Waals surface area contributed by atoms with Crippen molar-refractivity contribution in [2.45, 2.75) is 29.8 Å². The summed E-state index contributed by atoms with van der Waals surface area (Å²) in [6, 6.07) is 4.51. The average molecular weight is 296 g/mol. The number of nitrogens with one attached hydrogen (secondary N) is 1. The molecule has 1 rings (SSSR count). The lowest BCUT2D eigenvalue weighted by atomic mass is 10.2. The smallest absolute Gasteiger partial charge is 0.383 e. The monoisotopic (exact) mass is 296 g/mol. The van der Waals surface area contributed by atoms with Gasteiger partial charge in [0.05, 0.1) is 4.90 Å². The molecule has 0 aromatic heterocycles. The van der Waals surface area contributed by atoms with Gasteiger partial charge in [0.2, 0.25) is 0 Å². The van der Waals surface area contributed by atoms with Crippen LogP contribution < -0.4 is 11.1 Å². The van der Waals surface area contributed by atoms with E-state index < -0.39 is 20.2 Å². The molecule has 0 aliphatic rings. The van der Waals surface area contributed by atoms with Crippen LogP contribution in [0, 0.1) is 0 Å². The third-order valence-electron chi connectivity index (χ3n) is 2.48. The summed E-state index contributed by atoms with van der Waals surface area (Å²) in [5, 5.41) is 3.00. The van der Waals surface area contributed by atoms with E-state index in [1.165, 1.54) is 12.1 Å². The van der Waals surface area contributed by atoms with Gasteiger partial charge in [-0.3, -0.25) is 0 Å². The van der Waals surface area contributed by atoms with E-state index in [4.69, 9.17) is 5.73 Å². The topological polar surface area (TPSA) is 72.2 Å². The van der Waals surface area contributed by atoms with Gasteiger partial charge in [0, 0.05) is 11.7 Å². The van der Waals surface area contributed by atoms with Crippen LogP contribution in [0.1, 0.15) is 13.3 Å².